The van der Waals surface area contributed by atoms with Gasteiger partial charge in [0, 0.05) is 5.56 Å². The fourth-order valence-corrected chi connectivity index (χ4v) is 2.03. The topological polar surface area (TPSA) is 93.6 Å². The van der Waals surface area contributed by atoms with Gasteiger partial charge in [-0.3, -0.25) is 0 Å². The number of anilines is 2. The summed E-state index contributed by atoms with van der Waals surface area (Å²) in [6.07, 6.45) is 2.01. The van der Waals surface area contributed by atoms with E-state index >= 15 is 0 Å². The first-order valence-electron chi connectivity index (χ1n) is 5.95. The van der Waals surface area contributed by atoms with Crippen LogP contribution in [0.1, 0.15) is 24.4 Å². The molecule has 0 radical (unpaired) electrons. The number of hydrogen-bond acceptors (Lipinski definition) is 4. The highest BCUT2D eigenvalue weighted by molar-refractivity contribution is 5.73. The lowest BCUT2D eigenvalue weighted by atomic mass is 10.1. The molecular weight excluding hydrogens is 245 g/mol. The van der Waals surface area contributed by atoms with Crippen LogP contribution in [0.4, 0.5) is 15.9 Å². The fourth-order valence-electron chi connectivity index (χ4n) is 2.03. The largest absolute Gasteiger partial charge is 0.396 e. The van der Waals surface area contributed by atoms with Gasteiger partial charge >= 0.3 is 0 Å². The summed E-state index contributed by atoms with van der Waals surface area (Å²) in [6.45, 7) is 0. The van der Waals surface area contributed by atoms with Crippen LogP contribution >= 0.6 is 0 Å². The first kappa shape index (κ1) is 11.5. The number of nitrogen functional groups attached to an aromatic ring is 2. The molecule has 0 aliphatic heterocycles. The van der Waals surface area contributed by atoms with Crippen molar-refractivity contribution in [1.29, 1.82) is 5.26 Å². The quantitative estimate of drug-likeness (QED) is 0.805. The third-order valence-electron chi connectivity index (χ3n) is 3.23. The minimum absolute atomic E-state index is 0.0665. The third kappa shape index (κ3) is 1.80. The van der Waals surface area contributed by atoms with Gasteiger partial charge in [0.1, 0.15) is 29.0 Å². The second-order valence-electron chi connectivity index (χ2n) is 4.63. The van der Waals surface area contributed by atoms with Gasteiger partial charge in [0.15, 0.2) is 0 Å². The monoisotopic (exact) mass is 257 g/mol. The molecule has 6 heteroatoms. The summed E-state index contributed by atoms with van der Waals surface area (Å²) in [4.78, 5) is 0. The highest BCUT2D eigenvalue weighted by Crippen LogP contribution is 2.39. The van der Waals surface area contributed by atoms with Crippen LogP contribution in [0.25, 0.3) is 11.3 Å². The summed E-state index contributed by atoms with van der Waals surface area (Å²) in [5.41, 5.74) is 12.6. The van der Waals surface area contributed by atoms with Crippen molar-refractivity contribution in [2.45, 2.75) is 18.9 Å². The van der Waals surface area contributed by atoms with E-state index in [9.17, 15) is 9.65 Å². The average Bonchev–Trinajstić information content (AvgIpc) is 3.17. The molecule has 1 saturated carbocycles. The van der Waals surface area contributed by atoms with Gasteiger partial charge in [-0.1, -0.05) is 6.07 Å². The van der Waals surface area contributed by atoms with Crippen molar-refractivity contribution in [1.82, 2.24) is 9.78 Å². The molecule has 4 N–H and O–H groups in total. The van der Waals surface area contributed by atoms with Crippen molar-refractivity contribution in [3.05, 3.63) is 29.6 Å². The number of nitriles is 1. The van der Waals surface area contributed by atoms with Gasteiger partial charge < -0.3 is 11.5 Å². The summed E-state index contributed by atoms with van der Waals surface area (Å²) in [5.74, 6) is -0.182. The van der Waals surface area contributed by atoms with Gasteiger partial charge in [-0.25, -0.2) is 9.07 Å². The molecule has 0 bridgehead atoms. The van der Waals surface area contributed by atoms with Gasteiger partial charge in [0.05, 0.1) is 11.7 Å². The van der Waals surface area contributed by atoms with Gasteiger partial charge in [0.25, 0.3) is 0 Å². The lowest BCUT2D eigenvalue weighted by Crippen LogP contribution is -2.02. The predicted octanol–water partition coefficient (Wildman–Crippen LogP) is 2.06. The van der Waals surface area contributed by atoms with Crippen molar-refractivity contribution in [2.75, 3.05) is 11.5 Å². The third-order valence-corrected chi connectivity index (χ3v) is 3.23. The van der Waals surface area contributed by atoms with E-state index in [2.05, 4.69) is 5.10 Å². The van der Waals surface area contributed by atoms with Crippen LogP contribution in [-0.2, 0) is 0 Å². The van der Waals surface area contributed by atoms with Crippen molar-refractivity contribution in [3.8, 4) is 17.3 Å². The van der Waals surface area contributed by atoms with E-state index in [0.29, 0.717) is 17.1 Å². The number of halogens is 1. The zero-order valence-electron chi connectivity index (χ0n) is 10.1. The summed E-state index contributed by atoms with van der Waals surface area (Å²) >= 11 is 0. The SMILES string of the molecule is N#Cc1c(-c2ccc(N)c(F)c2)nn(C2CC2)c1N. The first-order valence-corrected chi connectivity index (χ1v) is 5.95. The molecule has 0 spiro atoms. The van der Waals surface area contributed by atoms with Crippen molar-refractivity contribution in [3.63, 3.8) is 0 Å². The zero-order chi connectivity index (χ0) is 13.6. The second-order valence-corrected chi connectivity index (χ2v) is 4.63. The number of rotatable bonds is 2. The molecule has 1 heterocycles. The Hall–Kier alpha value is -2.55. The van der Waals surface area contributed by atoms with E-state index in [1.807, 2.05) is 6.07 Å². The van der Waals surface area contributed by atoms with Crippen LogP contribution < -0.4 is 11.5 Å². The van der Waals surface area contributed by atoms with Crippen LogP contribution in [0.3, 0.4) is 0 Å². The van der Waals surface area contributed by atoms with E-state index in [1.54, 1.807) is 10.7 Å². The zero-order valence-corrected chi connectivity index (χ0v) is 10.1. The number of nitrogens with two attached hydrogens (primary N) is 2. The Balaban J connectivity index is 2.16. The van der Waals surface area contributed by atoms with E-state index in [0.717, 1.165) is 12.8 Å². The first-order chi connectivity index (χ1) is 9.11. The molecule has 1 aliphatic carbocycles. The number of nitrogens with zero attached hydrogens (tertiary/aromatic N) is 3. The maximum atomic E-state index is 13.5. The van der Waals surface area contributed by atoms with Gasteiger partial charge in [-0.15, -0.1) is 0 Å². The molecule has 1 aromatic heterocycles. The molecule has 0 unspecified atom stereocenters. The predicted molar refractivity (Wildman–Crippen MR) is 69.4 cm³/mol. The number of hydrogen-bond donors (Lipinski definition) is 2. The highest BCUT2D eigenvalue weighted by Gasteiger charge is 2.29. The Morgan fingerprint density at radius 3 is 2.68 bits per heavy atom. The molecule has 96 valence electrons. The lowest BCUT2D eigenvalue weighted by molar-refractivity contribution is 0.632. The molecule has 1 aliphatic rings. The molecule has 3 rings (SSSR count). The van der Waals surface area contributed by atoms with Gasteiger partial charge in [0.2, 0.25) is 0 Å². The standard InChI is InChI=1S/C13H12FN5/c14-10-5-7(1-4-11(10)16)12-9(6-15)13(17)19(18-12)8-2-3-8/h1,4-5,8H,2-3,16-17H2. The molecule has 19 heavy (non-hydrogen) atoms. The maximum absolute atomic E-state index is 13.5. The van der Waals surface area contributed by atoms with Crippen LogP contribution in [0.5, 0.6) is 0 Å². The van der Waals surface area contributed by atoms with E-state index in [-0.39, 0.29) is 17.3 Å². The van der Waals surface area contributed by atoms with Gasteiger partial charge in [-0.05, 0) is 25.0 Å². The minimum Gasteiger partial charge on any atom is -0.396 e. The Bertz CT molecular complexity index is 694. The molecule has 0 amide bonds. The molecule has 0 saturated heterocycles. The lowest BCUT2D eigenvalue weighted by Gasteiger charge is -2.00. The number of aromatic nitrogens is 2. The fraction of sp³-hybridized carbons (Fsp3) is 0.231. The summed E-state index contributed by atoms with van der Waals surface area (Å²) < 4.78 is 15.2. The average molecular weight is 257 g/mol. The summed E-state index contributed by atoms with van der Waals surface area (Å²) in [7, 11) is 0. The van der Waals surface area contributed by atoms with Crippen molar-refractivity contribution >= 4 is 11.5 Å². The Morgan fingerprint density at radius 1 is 1.37 bits per heavy atom. The van der Waals surface area contributed by atoms with Crippen molar-refractivity contribution in [2.24, 2.45) is 0 Å². The van der Waals surface area contributed by atoms with E-state index in [4.69, 9.17) is 11.5 Å². The molecule has 0 atom stereocenters. The molecule has 5 nitrogen and oxygen atoms in total. The Morgan fingerprint density at radius 2 is 2.11 bits per heavy atom. The summed E-state index contributed by atoms with van der Waals surface area (Å²) in [5, 5.41) is 13.5. The Kier molecular flexibility index (Phi) is 2.42. The smallest absolute Gasteiger partial charge is 0.146 e. The second kappa shape index (κ2) is 3.99. The van der Waals surface area contributed by atoms with E-state index in [1.165, 1.54) is 12.1 Å². The molecule has 1 fully saturated rings. The highest BCUT2D eigenvalue weighted by atomic mass is 19.1. The van der Waals surface area contributed by atoms with Gasteiger partial charge in [-0.2, -0.15) is 10.4 Å². The Labute approximate surface area is 109 Å². The molecular formula is C13H12FN5. The van der Waals surface area contributed by atoms with E-state index < -0.39 is 5.82 Å². The summed E-state index contributed by atoms with van der Waals surface area (Å²) in [6, 6.07) is 6.67. The molecule has 2 aromatic rings. The van der Waals surface area contributed by atoms with Crippen molar-refractivity contribution < 1.29 is 4.39 Å². The maximum Gasteiger partial charge on any atom is 0.146 e. The van der Waals surface area contributed by atoms with Crippen LogP contribution in [0.15, 0.2) is 18.2 Å². The van der Waals surface area contributed by atoms with Crippen LogP contribution in [0.2, 0.25) is 0 Å². The van der Waals surface area contributed by atoms with Crippen LogP contribution in [0, 0.1) is 17.1 Å². The molecule has 1 aromatic carbocycles. The van der Waals surface area contributed by atoms with Crippen LogP contribution in [-0.4, -0.2) is 9.78 Å². The minimum atomic E-state index is -0.527. The number of benzene rings is 1. The normalized spacial score (nSPS) is 14.3.